The molecule has 112 valence electrons. The van der Waals surface area contributed by atoms with Crippen molar-refractivity contribution in [3.05, 3.63) is 17.5 Å². The minimum atomic E-state index is -0.327. The third-order valence-corrected chi connectivity index (χ3v) is 3.83. The Balaban J connectivity index is 2.11. The third-order valence-electron chi connectivity index (χ3n) is 3.83. The molecule has 1 aromatic rings. The first-order valence-electron chi connectivity index (χ1n) is 7.06. The Morgan fingerprint density at radius 1 is 1.65 bits per heavy atom. The van der Waals surface area contributed by atoms with Crippen LogP contribution in [0.3, 0.4) is 0 Å². The molecule has 1 N–H and O–H groups in total. The van der Waals surface area contributed by atoms with Gasteiger partial charge in [0.15, 0.2) is 0 Å². The number of hydrogen-bond donors (Lipinski definition) is 1. The van der Waals surface area contributed by atoms with Crippen LogP contribution in [0.25, 0.3) is 0 Å². The van der Waals surface area contributed by atoms with E-state index in [-0.39, 0.29) is 36.3 Å². The summed E-state index contributed by atoms with van der Waals surface area (Å²) >= 11 is 0. The summed E-state index contributed by atoms with van der Waals surface area (Å²) in [5.41, 5.74) is 0.801. The largest absolute Gasteiger partial charge is 0.394 e. The summed E-state index contributed by atoms with van der Waals surface area (Å²) in [5, 5.41) is 13.1. The quantitative estimate of drug-likeness (QED) is 0.903. The first-order chi connectivity index (χ1) is 9.56. The first kappa shape index (κ1) is 15.0. The molecule has 0 aromatic carbocycles. The Morgan fingerprint density at radius 2 is 2.40 bits per heavy atom. The zero-order chi connectivity index (χ0) is 14.7. The lowest BCUT2D eigenvalue weighted by Gasteiger charge is -2.36. The van der Waals surface area contributed by atoms with E-state index in [9.17, 15) is 4.79 Å². The number of aliphatic hydroxyl groups is 1. The maximum Gasteiger partial charge on any atom is 0.292 e. The summed E-state index contributed by atoms with van der Waals surface area (Å²) in [6, 6.07) is 1.68. The van der Waals surface area contributed by atoms with E-state index in [0.717, 1.165) is 12.1 Å². The fourth-order valence-corrected chi connectivity index (χ4v) is 2.18. The molecular weight excluding hydrogens is 260 g/mol. The molecule has 0 bridgehead atoms. The van der Waals surface area contributed by atoms with Crippen LogP contribution in [0.5, 0.6) is 0 Å². The maximum absolute atomic E-state index is 12.5. The average molecular weight is 282 g/mol. The van der Waals surface area contributed by atoms with Gasteiger partial charge in [-0.3, -0.25) is 4.79 Å². The van der Waals surface area contributed by atoms with Gasteiger partial charge in [0.05, 0.1) is 31.1 Å². The molecule has 1 amide bonds. The van der Waals surface area contributed by atoms with Crippen LogP contribution in [0.2, 0.25) is 0 Å². The van der Waals surface area contributed by atoms with Crippen molar-refractivity contribution in [1.82, 2.24) is 10.1 Å². The van der Waals surface area contributed by atoms with Crippen molar-refractivity contribution in [3.63, 3.8) is 0 Å². The molecule has 6 nitrogen and oxygen atoms in total. The van der Waals surface area contributed by atoms with E-state index in [1.807, 2.05) is 13.8 Å². The van der Waals surface area contributed by atoms with Gasteiger partial charge in [-0.25, -0.2) is 0 Å². The number of rotatable bonds is 4. The monoisotopic (exact) mass is 282 g/mol. The second kappa shape index (κ2) is 6.37. The van der Waals surface area contributed by atoms with Crippen molar-refractivity contribution in [2.45, 2.75) is 45.3 Å². The van der Waals surface area contributed by atoms with Crippen molar-refractivity contribution in [3.8, 4) is 0 Å². The summed E-state index contributed by atoms with van der Waals surface area (Å²) in [4.78, 5) is 14.1. The summed E-state index contributed by atoms with van der Waals surface area (Å²) in [6.07, 6.45) is 0.618. The molecule has 2 rings (SSSR count). The highest BCUT2D eigenvalue weighted by Gasteiger charge is 2.32. The molecule has 20 heavy (non-hydrogen) atoms. The third kappa shape index (κ3) is 3.02. The SMILES string of the molecule is CCC(C)c1cc(C(=O)N2CC(CO)OCC2C)on1. The Morgan fingerprint density at radius 3 is 3.05 bits per heavy atom. The number of aliphatic hydroxyl groups excluding tert-OH is 1. The topological polar surface area (TPSA) is 75.8 Å². The average Bonchev–Trinajstić information content (AvgIpc) is 2.96. The van der Waals surface area contributed by atoms with Crippen LogP contribution in [-0.2, 0) is 4.74 Å². The van der Waals surface area contributed by atoms with Crippen molar-refractivity contribution in [2.75, 3.05) is 19.8 Å². The van der Waals surface area contributed by atoms with Crippen molar-refractivity contribution in [2.24, 2.45) is 0 Å². The lowest BCUT2D eigenvalue weighted by molar-refractivity contribution is -0.0675. The number of morpholine rings is 1. The van der Waals surface area contributed by atoms with Crippen molar-refractivity contribution in [1.29, 1.82) is 0 Å². The van der Waals surface area contributed by atoms with Gasteiger partial charge in [-0.1, -0.05) is 19.0 Å². The first-order valence-corrected chi connectivity index (χ1v) is 7.06. The number of ether oxygens (including phenoxy) is 1. The molecule has 1 aliphatic heterocycles. The van der Waals surface area contributed by atoms with Crippen molar-refractivity contribution < 1.29 is 19.2 Å². The predicted molar refractivity (Wildman–Crippen MR) is 72.5 cm³/mol. The molecule has 1 fully saturated rings. The molecule has 1 saturated heterocycles. The van der Waals surface area contributed by atoms with E-state index >= 15 is 0 Å². The van der Waals surface area contributed by atoms with Crippen LogP contribution >= 0.6 is 0 Å². The molecule has 1 aromatic heterocycles. The van der Waals surface area contributed by atoms with Gasteiger partial charge in [0.25, 0.3) is 5.91 Å². The predicted octanol–water partition coefficient (Wildman–Crippen LogP) is 1.41. The van der Waals surface area contributed by atoms with Crippen LogP contribution in [0.1, 0.15) is 49.4 Å². The van der Waals surface area contributed by atoms with Gasteiger partial charge in [0.2, 0.25) is 5.76 Å². The van der Waals surface area contributed by atoms with Crippen LogP contribution in [0.15, 0.2) is 10.6 Å². The Hall–Kier alpha value is -1.40. The maximum atomic E-state index is 12.5. The number of carbonyl (C=O) groups is 1. The van der Waals surface area contributed by atoms with Gasteiger partial charge in [-0.05, 0) is 13.3 Å². The number of amides is 1. The van der Waals surface area contributed by atoms with Gasteiger partial charge >= 0.3 is 0 Å². The highest BCUT2D eigenvalue weighted by atomic mass is 16.5. The van der Waals surface area contributed by atoms with E-state index in [1.165, 1.54) is 0 Å². The van der Waals surface area contributed by atoms with Crippen molar-refractivity contribution >= 4 is 5.91 Å². The fraction of sp³-hybridized carbons (Fsp3) is 0.714. The van der Waals surface area contributed by atoms with E-state index in [1.54, 1.807) is 11.0 Å². The zero-order valence-corrected chi connectivity index (χ0v) is 12.2. The highest BCUT2D eigenvalue weighted by Crippen LogP contribution is 2.21. The molecule has 0 spiro atoms. The molecule has 0 radical (unpaired) electrons. The van der Waals surface area contributed by atoms with Gasteiger partial charge < -0.3 is 19.3 Å². The standard InChI is InChI=1S/C14H22N2O4/c1-4-9(2)12-5-13(20-15-12)14(18)16-6-11(7-17)19-8-10(16)3/h5,9-11,17H,4,6-8H2,1-3H3. The summed E-state index contributed by atoms with van der Waals surface area (Å²) < 4.78 is 10.6. The molecular formula is C14H22N2O4. The second-order valence-corrected chi connectivity index (χ2v) is 5.37. The molecule has 2 heterocycles. The van der Waals surface area contributed by atoms with Gasteiger partial charge in [-0.2, -0.15) is 0 Å². The van der Waals surface area contributed by atoms with E-state index in [2.05, 4.69) is 12.1 Å². The number of hydrogen-bond acceptors (Lipinski definition) is 5. The van der Waals surface area contributed by atoms with E-state index in [4.69, 9.17) is 14.4 Å². The lowest BCUT2D eigenvalue weighted by Crippen LogP contribution is -2.51. The van der Waals surface area contributed by atoms with E-state index < -0.39 is 0 Å². The van der Waals surface area contributed by atoms with Crippen LogP contribution in [0.4, 0.5) is 0 Å². The molecule has 0 aliphatic carbocycles. The smallest absolute Gasteiger partial charge is 0.292 e. The van der Waals surface area contributed by atoms with Gasteiger partial charge in [0, 0.05) is 18.5 Å². The summed E-state index contributed by atoms with van der Waals surface area (Å²) in [5.74, 6) is 0.333. The van der Waals surface area contributed by atoms with Crippen LogP contribution in [-0.4, -0.2) is 53.0 Å². The van der Waals surface area contributed by atoms with E-state index in [0.29, 0.717) is 13.2 Å². The van der Waals surface area contributed by atoms with Gasteiger partial charge in [-0.15, -0.1) is 0 Å². The highest BCUT2D eigenvalue weighted by molar-refractivity contribution is 5.91. The zero-order valence-electron chi connectivity index (χ0n) is 12.2. The Bertz CT molecular complexity index is 460. The Labute approximate surface area is 118 Å². The molecule has 3 unspecified atom stereocenters. The van der Waals surface area contributed by atoms with Crippen LogP contribution < -0.4 is 0 Å². The molecule has 0 saturated carbocycles. The summed E-state index contributed by atoms with van der Waals surface area (Å²) in [7, 11) is 0. The number of carbonyl (C=O) groups excluding carboxylic acids is 1. The second-order valence-electron chi connectivity index (χ2n) is 5.37. The number of nitrogens with zero attached hydrogens (tertiary/aromatic N) is 2. The lowest BCUT2D eigenvalue weighted by atomic mass is 10.1. The minimum absolute atomic E-state index is 0.0394. The van der Waals surface area contributed by atoms with Crippen LogP contribution in [0, 0.1) is 0 Å². The number of aromatic nitrogens is 1. The Kier molecular flexibility index (Phi) is 4.77. The fourth-order valence-electron chi connectivity index (χ4n) is 2.18. The van der Waals surface area contributed by atoms with Gasteiger partial charge in [0.1, 0.15) is 0 Å². The molecule has 1 aliphatic rings. The molecule has 3 atom stereocenters. The summed E-state index contributed by atoms with van der Waals surface area (Å²) in [6.45, 7) is 6.73. The minimum Gasteiger partial charge on any atom is -0.394 e. The normalized spacial score (nSPS) is 24.7. The molecule has 6 heteroatoms.